The van der Waals surface area contributed by atoms with Crippen LogP contribution in [0.25, 0.3) is 0 Å². The van der Waals surface area contributed by atoms with E-state index < -0.39 is 0 Å². The zero-order chi connectivity index (χ0) is 13.1. The Bertz CT molecular complexity index is 436. The van der Waals surface area contributed by atoms with Crippen LogP contribution in [0, 0.1) is 12.8 Å². The van der Waals surface area contributed by atoms with Gasteiger partial charge in [-0.1, -0.05) is 6.92 Å². The normalized spacial score (nSPS) is 22.2. The predicted molar refractivity (Wildman–Crippen MR) is 75.0 cm³/mol. The molecule has 1 saturated carbocycles. The van der Waals surface area contributed by atoms with E-state index in [1.54, 1.807) is 0 Å². The van der Waals surface area contributed by atoms with Crippen molar-refractivity contribution in [2.75, 3.05) is 11.9 Å². The van der Waals surface area contributed by atoms with Crippen molar-refractivity contribution in [1.29, 1.82) is 0 Å². The van der Waals surface area contributed by atoms with Gasteiger partial charge in [-0.15, -0.1) is 0 Å². The van der Waals surface area contributed by atoms with Crippen LogP contribution in [-0.4, -0.2) is 18.5 Å². The summed E-state index contributed by atoms with van der Waals surface area (Å²) in [6, 6.07) is 6.28. The van der Waals surface area contributed by atoms with Gasteiger partial charge >= 0.3 is 0 Å². The quantitative estimate of drug-likeness (QED) is 0.857. The number of aryl methyl sites for hydroxylation is 1. The molecule has 1 aromatic carbocycles. The van der Waals surface area contributed by atoms with Crippen LogP contribution in [0.2, 0.25) is 0 Å². The number of anilines is 1. The van der Waals surface area contributed by atoms with Gasteiger partial charge in [0.1, 0.15) is 0 Å². The summed E-state index contributed by atoms with van der Waals surface area (Å²) in [5.74, 6) is 0.819. The first kappa shape index (κ1) is 12.9. The SMILES string of the molecule is CCNc1ccc(C(=O)NC2CC(C)C2)c(C)c1. The number of carbonyl (C=O) groups is 1. The standard InChI is InChI=1S/C15H22N2O/c1-4-16-12-5-6-14(11(3)9-12)15(18)17-13-7-10(2)8-13/h5-6,9-10,13,16H,4,7-8H2,1-3H3,(H,17,18). The average Bonchev–Trinajstić information content (AvgIpc) is 2.27. The van der Waals surface area contributed by atoms with Crippen molar-refractivity contribution in [1.82, 2.24) is 5.32 Å². The lowest BCUT2D eigenvalue weighted by molar-refractivity contribution is 0.0895. The van der Waals surface area contributed by atoms with Crippen molar-refractivity contribution < 1.29 is 4.79 Å². The Morgan fingerprint density at radius 3 is 2.67 bits per heavy atom. The summed E-state index contributed by atoms with van der Waals surface area (Å²) < 4.78 is 0. The van der Waals surface area contributed by atoms with Crippen LogP contribution in [0.15, 0.2) is 18.2 Å². The van der Waals surface area contributed by atoms with Gasteiger partial charge in [-0.05, 0) is 56.4 Å². The van der Waals surface area contributed by atoms with Gasteiger partial charge in [0.2, 0.25) is 0 Å². The van der Waals surface area contributed by atoms with Gasteiger partial charge in [0.25, 0.3) is 5.91 Å². The number of nitrogens with one attached hydrogen (secondary N) is 2. The number of benzene rings is 1. The Hall–Kier alpha value is -1.51. The van der Waals surface area contributed by atoms with Crippen LogP contribution >= 0.6 is 0 Å². The largest absolute Gasteiger partial charge is 0.385 e. The van der Waals surface area contributed by atoms with Gasteiger partial charge < -0.3 is 10.6 Å². The molecule has 1 fully saturated rings. The monoisotopic (exact) mass is 246 g/mol. The number of hydrogen-bond acceptors (Lipinski definition) is 2. The van der Waals surface area contributed by atoms with E-state index in [4.69, 9.17) is 0 Å². The van der Waals surface area contributed by atoms with Gasteiger partial charge in [-0.3, -0.25) is 4.79 Å². The molecule has 2 rings (SSSR count). The third-order valence-electron chi connectivity index (χ3n) is 3.56. The molecule has 0 unspecified atom stereocenters. The Morgan fingerprint density at radius 2 is 2.11 bits per heavy atom. The molecule has 0 aromatic heterocycles. The van der Waals surface area contributed by atoms with E-state index in [1.165, 1.54) is 0 Å². The lowest BCUT2D eigenvalue weighted by Gasteiger charge is -2.33. The van der Waals surface area contributed by atoms with Crippen molar-refractivity contribution in [2.24, 2.45) is 5.92 Å². The molecular weight excluding hydrogens is 224 g/mol. The molecule has 0 spiro atoms. The first-order valence-corrected chi connectivity index (χ1v) is 6.75. The van der Waals surface area contributed by atoms with Crippen LogP contribution in [-0.2, 0) is 0 Å². The van der Waals surface area contributed by atoms with Crippen molar-refractivity contribution in [3.8, 4) is 0 Å². The Morgan fingerprint density at radius 1 is 1.39 bits per heavy atom. The van der Waals surface area contributed by atoms with Crippen molar-refractivity contribution >= 4 is 11.6 Å². The number of carbonyl (C=O) groups excluding carboxylic acids is 1. The maximum absolute atomic E-state index is 12.1. The summed E-state index contributed by atoms with van der Waals surface area (Å²) in [5, 5.41) is 6.35. The van der Waals surface area contributed by atoms with Crippen LogP contribution in [0.4, 0.5) is 5.69 Å². The molecule has 0 atom stereocenters. The first-order valence-electron chi connectivity index (χ1n) is 6.75. The van der Waals surface area contributed by atoms with Gasteiger partial charge in [-0.25, -0.2) is 0 Å². The fourth-order valence-electron chi connectivity index (χ4n) is 2.52. The zero-order valence-corrected chi connectivity index (χ0v) is 11.4. The molecule has 1 aliphatic rings. The summed E-state index contributed by atoms with van der Waals surface area (Å²) in [6.07, 6.45) is 2.22. The third kappa shape index (κ3) is 2.84. The smallest absolute Gasteiger partial charge is 0.251 e. The topological polar surface area (TPSA) is 41.1 Å². The molecule has 98 valence electrons. The second kappa shape index (κ2) is 5.42. The highest BCUT2D eigenvalue weighted by Crippen LogP contribution is 2.26. The minimum Gasteiger partial charge on any atom is -0.385 e. The lowest BCUT2D eigenvalue weighted by Crippen LogP contribution is -2.43. The Labute approximate surface area is 109 Å². The number of rotatable bonds is 4. The fourth-order valence-corrected chi connectivity index (χ4v) is 2.52. The zero-order valence-electron chi connectivity index (χ0n) is 11.4. The first-order chi connectivity index (χ1) is 8.60. The van der Waals surface area contributed by atoms with Crippen LogP contribution in [0.1, 0.15) is 42.6 Å². The summed E-state index contributed by atoms with van der Waals surface area (Å²) in [4.78, 5) is 12.1. The van der Waals surface area contributed by atoms with E-state index in [1.807, 2.05) is 25.1 Å². The minimum atomic E-state index is 0.0625. The molecule has 0 bridgehead atoms. The maximum Gasteiger partial charge on any atom is 0.251 e. The molecule has 1 aliphatic carbocycles. The van der Waals surface area contributed by atoms with Gasteiger partial charge in [-0.2, -0.15) is 0 Å². The maximum atomic E-state index is 12.1. The highest BCUT2D eigenvalue weighted by atomic mass is 16.1. The van der Waals surface area contributed by atoms with Gasteiger partial charge in [0.05, 0.1) is 0 Å². The third-order valence-corrected chi connectivity index (χ3v) is 3.56. The molecular formula is C15H22N2O. The van der Waals surface area contributed by atoms with Crippen molar-refractivity contribution in [3.63, 3.8) is 0 Å². The fraction of sp³-hybridized carbons (Fsp3) is 0.533. The highest BCUT2D eigenvalue weighted by Gasteiger charge is 2.27. The Kier molecular flexibility index (Phi) is 3.90. The van der Waals surface area contributed by atoms with E-state index in [9.17, 15) is 4.79 Å². The molecule has 18 heavy (non-hydrogen) atoms. The second-order valence-electron chi connectivity index (χ2n) is 5.31. The second-order valence-corrected chi connectivity index (χ2v) is 5.31. The summed E-state index contributed by atoms with van der Waals surface area (Å²) in [7, 11) is 0. The van der Waals surface area contributed by atoms with Gasteiger partial charge in [0.15, 0.2) is 0 Å². The molecule has 3 nitrogen and oxygen atoms in total. The lowest BCUT2D eigenvalue weighted by atomic mass is 9.82. The van der Waals surface area contributed by atoms with Crippen molar-refractivity contribution in [3.05, 3.63) is 29.3 Å². The summed E-state index contributed by atoms with van der Waals surface area (Å²) in [6.45, 7) is 7.16. The predicted octanol–water partition coefficient (Wildman–Crippen LogP) is 2.96. The van der Waals surface area contributed by atoms with Crippen molar-refractivity contribution in [2.45, 2.75) is 39.7 Å². The van der Waals surface area contributed by atoms with Crippen LogP contribution in [0.3, 0.4) is 0 Å². The minimum absolute atomic E-state index is 0.0625. The Balaban J connectivity index is 2.01. The number of amides is 1. The molecule has 0 heterocycles. The number of hydrogen-bond donors (Lipinski definition) is 2. The average molecular weight is 246 g/mol. The molecule has 0 radical (unpaired) electrons. The molecule has 1 aromatic rings. The van der Waals surface area contributed by atoms with E-state index >= 15 is 0 Å². The summed E-state index contributed by atoms with van der Waals surface area (Å²) in [5.41, 5.74) is 2.89. The molecule has 2 N–H and O–H groups in total. The van der Waals surface area contributed by atoms with E-state index in [0.29, 0.717) is 6.04 Å². The summed E-state index contributed by atoms with van der Waals surface area (Å²) >= 11 is 0. The molecule has 3 heteroatoms. The van der Waals surface area contributed by atoms with Gasteiger partial charge in [0, 0.05) is 23.8 Å². The molecule has 0 saturated heterocycles. The van der Waals surface area contributed by atoms with E-state index in [-0.39, 0.29) is 5.91 Å². The van der Waals surface area contributed by atoms with E-state index in [2.05, 4.69) is 24.5 Å². The van der Waals surface area contributed by atoms with E-state index in [0.717, 1.165) is 42.1 Å². The van der Waals surface area contributed by atoms with Crippen LogP contribution in [0.5, 0.6) is 0 Å². The molecule has 0 aliphatic heterocycles. The molecule has 1 amide bonds. The highest BCUT2D eigenvalue weighted by molar-refractivity contribution is 5.96. The van der Waals surface area contributed by atoms with Crippen LogP contribution < -0.4 is 10.6 Å².